The Hall–Kier alpha value is -2.42. The summed E-state index contributed by atoms with van der Waals surface area (Å²) in [5.74, 6) is 1.65. The van der Waals surface area contributed by atoms with Crippen LogP contribution in [0.3, 0.4) is 0 Å². The lowest BCUT2D eigenvalue weighted by Crippen LogP contribution is -2.26. The first-order chi connectivity index (χ1) is 12.1. The van der Waals surface area contributed by atoms with Crippen molar-refractivity contribution in [3.63, 3.8) is 0 Å². The van der Waals surface area contributed by atoms with Crippen molar-refractivity contribution in [3.05, 3.63) is 18.0 Å². The molecule has 2 aromatic heterocycles. The van der Waals surface area contributed by atoms with E-state index >= 15 is 0 Å². The highest BCUT2D eigenvalue weighted by Crippen LogP contribution is 2.34. The third-order valence-electron chi connectivity index (χ3n) is 4.06. The maximum atomic E-state index is 9.05. The van der Waals surface area contributed by atoms with E-state index in [1.807, 2.05) is 38.0 Å². The maximum absolute atomic E-state index is 9.05. The molecule has 3 heterocycles. The second-order valence-corrected chi connectivity index (χ2v) is 6.53. The number of nitrogens with zero attached hydrogens (tertiary/aromatic N) is 6. The number of aromatic nitrogens is 5. The van der Waals surface area contributed by atoms with Crippen molar-refractivity contribution >= 4 is 17.8 Å². The molecule has 1 fully saturated rings. The van der Waals surface area contributed by atoms with E-state index in [4.69, 9.17) is 5.11 Å². The first-order valence-corrected chi connectivity index (χ1v) is 8.69. The largest absolute Gasteiger partial charge is 0.395 e. The molecule has 1 aliphatic heterocycles. The Bertz CT molecular complexity index is 701. The van der Waals surface area contributed by atoms with Crippen molar-refractivity contribution in [3.8, 4) is 0 Å². The summed E-state index contributed by atoms with van der Waals surface area (Å²) in [4.78, 5) is 15.8. The Morgan fingerprint density at radius 3 is 2.76 bits per heavy atom. The summed E-state index contributed by atoms with van der Waals surface area (Å²) in [5, 5.41) is 19.6. The molecule has 0 bridgehead atoms. The van der Waals surface area contributed by atoms with Crippen LogP contribution in [0.2, 0.25) is 0 Å². The topological polar surface area (TPSA) is 104 Å². The lowest BCUT2D eigenvalue weighted by atomic mass is 10.1. The van der Waals surface area contributed by atoms with Gasteiger partial charge >= 0.3 is 0 Å². The number of aryl methyl sites for hydroxylation is 1. The van der Waals surface area contributed by atoms with Crippen LogP contribution in [0.5, 0.6) is 0 Å². The van der Waals surface area contributed by atoms with E-state index in [-0.39, 0.29) is 18.7 Å². The predicted molar refractivity (Wildman–Crippen MR) is 96.7 cm³/mol. The summed E-state index contributed by atoms with van der Waals surface area (Å²) in [5.41, 5.74) is 1.17. The number of hydrogen-bond acceptors (Lipinski definition) is 8. The summed E-state index contributed by atoms with van der Waals surface area (Å²) >= 11 is 0. The molecule has 0 aromatic carbocycles. The van der Waals surface area contributed by atoms with Crippen LogP contribution in [0.15, 0.2) is 12.4 Å². The Labute approximate surface area is 147 Å². The number of rotatable bonds is 7. The van der Waals surface area contributed by atoms with Crippen LogP contribution in [0.25, 0.3) is 0 Å². The normalized spacial score (nSPS) is 17.3. The van der Waals surface area contributed by atoms with E-state index in [9.17, 15) is 0 Å². The first-order valence-electron chi connectivity index (χ1n) is 8.69. The Balaban J connectivity index is 1.90. The van der Waals surface area contributed by atoms with Gasteiger partial charge in [-0.2, -0.15) is 20.1 Å². The first kappa shape index (κ1) is 17.4. The van der Waals surface area contributed by atoms with Gasteiger partial charge in [-0.25, -0.2) is 0 Å². The molecular formula is C16H26N8O. The minimum atomic E-state index is 0.0238. The molecule has 3 N–H and O–H groups in total. The molecular weight excluding hydrogens is 320 g/mol. The highest BCUT2D eigenvalue weighted by Gasteiger charge is 2.29. The monoisotopic (exact) mass is 346 g/mol. The SMILES string of the molecule is CC(C)Nc1nc(NCCO)nc(N2CCC[C@H]2c2cnn(C)c2)n1. The molecule has 3 rings (SSSR count). The summed E-state index contributed by atoms with van der Waals surface area (Å²) in [6, 6.07) is 0.433. The van der Waals surface area contributed by atoms with Crippen LogP contribution >= 0.6 is 0 Å². The van der Waals surface area contributed by atoms with Crippen LogP contribution in [0.1, 0.15) is 38.3 Å². The minimum Gasteiger partial charge on any atom is -0.395 e. The highest BCUT2D eigenvalue weighted by atomic mass is 16.3. The Kier molecular flexibility index (Phi) is 5.32. The maximum Gasteiger partial charge on any atom is 0.232 e. The van der Waals surface area contributed by atoms with Gasteiger partial charge in [-0.05, 0) is 26.7 Å². The molecule has 1 atom stereocenters. The van der Waals surface area contributed by atoms with Crippen LogP contribution in [0, 0.1) is 0 Å². The number of aliphatic hydroxyl groups excluding tert-OH is 1. The zero-order chi connectivity index (χ0) is 17.8. The molecule has 2 aromatic rings. The van der Waals surface area contributed by atoms with Gasteiger partial charge in [-0.1, -0.05) is 0 Å². The summed E-state index contributed by atoms with van der Waals surface area (Å²) < 4.78 is 1.82. The fourth-order valence-electron chi connectivity index (χ4n) is 3.03. The molecule has 9 heteroatoms. The van der Waals surface area contributed by atoms with Crippen molar-refractivity contribution in [1.29, 1.82) is 0 Å². The van der Waals surface area contributed by atoms with Gasteiger partial charge in [0.2, 0.25) is 17.8 Å². The molecule has 25 heavy (non-hydrogen) atoms. The third kappa shape index (κ3) is 4.16. The lowest BCUT2D eigenvalue weighted by molar-refractivity contribution is 0.311. The Morgan fingerprint density at radius 1 is 1.28 bits per heavy atom. The van der Waals surface area contributed by atoms with Crippen molar-refractivity contribution < 1.29 is 5.11 Å². The molecule has 9 nitrogen and oxygen atoms in total. The molecule has 1 aliphatic rings. The summed E-state index contributed by atoms with van der Waals surface area (Å²) in [6.45, 7) is 5.40. The van der Waals surface area contributed by atoms with E-state index in [1.165, 1.54) is 5.56 Å². The lowest BCUT2D eigenvalue weighted by Gasteiger charge is -2.24. The zero-order valence-electron chi connectivity index (χ0n) is 15.0. The van der Waals surface area contributed by atoms with Gasteiger partial charge in [0.25, 0.3) is 0 Å². The van der Waals surface area contributed by atoms with Crippen molar-refractivity contribution in [1.82, 2.24) is 24.7 Å². The fraction of sp³-hybridized carbons (Fsp3) is 0.625. The zero-order valence-corrected chi connectivity index (χ0v) is 15.0. The molecule has 136 valence electrons. The standard InChI is InChI=1S/C16H26N8O/c1-11(2)19-15-20-14(17-6-8-25)21-16(22-15)24-7-4-5-13(24)12-9-18-23(3)10-12/h9-11,13,25H,4-8H2,1-3H3,(H2,17,19,20,21,22)/t13-/m0/s1. The second-order valence-electron chi connectivity index (χ2n) is 6.53. The molecule has 0 aliphatic carbocycles. The van der Waals surface area contributed by atoms with Crippen LogP contribution < -0.4 is 15.5 Å². The van der Waals surface area contributed by atoms with Gasteiger partial charge in [0.05, 0.1) is 18.8 Å². The van der Waals surface area contributed by atoms with Crippen LogP contribution in [-0.2, 0) is 7.05 Å². The van der Waals surface area contributed by atoms with E-state index in [0.717, 1.165) is 19.4 Å². The van der Waals surface area contributed by atoms with Gasteiger partial charge in [0, 0.05) is 37.9 Å². The molecule has 0 radical (unpaired) electrons. The average molecular weight is 346 g/mol. The quantitative estimate of drug-likeness (QED) is 0.686. The molecule has 1 saturated heterocycles. The second kappa shape index (κ2) is 7.64. The number of hydrogen-bond donors (Lipinski definition) is 3. The fourth-order valence-corrected chi connectivity index (χ4v) is 3.03. The highest BCUT2D eigenvalue weighted by molar-refractivity contribution is 5.46. The van der Waals surface area contributed by atoms with Gasteiger partial charge in [-0.3, -0.25) is 4.68 Å². The molecule has 0 unspecified atom stereocenters. The van der Waals surface area contributed by atoms with Crippen molar-refractivity contribution in [2.45, 2.75) is 38.8 Å². The summed E-state index contributed by atoms with van der Waals surface area (Å²) in [6.07, 6.45) is 6.08. The average Bonchev–Trinajstić information content (AvgIpc) is 3.20. The van der Waals surface area contributed by atoms with Crippen molar-refractivity contribution in [2.24, 2.45) is 7.05 Å². The van der Waals surface area contributed by atoms with Gasteiger partial charge < -0.3 is 20.6 Å². The number of aliphatic hydroxyl groups is 1. The van der Waals surface area contributed by atoms with E-state index < -0.39 is 0 Å². The number of nitrogens with one attached hydrogen (secondary N) is 2. The van der Waals surface area contributed by atoms with Gasteiger partial charge in [-0.15, -0.1) is 0 Å². The number of anilines is 3. The molecule has 0 amide bonds. The van der Waals surface area contributed by atoms with E-state index in [2.05, 4.69) is 35.6 Å². The molecule has 0 spiro atoms. The molecule has 0 saturated carbocycles. The van der Waals surface area contributed by atoms with Crippen LogP contribution in [-0.4, -0.2) is 55.6 Å². The Morgan fingerprint density at radius 2 is 2.08 bits per heavy atom. The smallest absolute Gasteiger partial charge is 0.232 e. The van der Waals surface area contributed by atoms with Gasteiger partial charge in [0.1, 0.15) is 0 Å². The third-order valence-corrected chi connectivity index (χ3v) is 4.06. The van der Waals surface area contributed by atoms with E-state index in [1.54, 1.807) is 0 Å². The van der Waals surface area contributed by atoms with Crippen LogP contribution in [0.4, 0.5) is 17.8 Å². The van der Waals surface area contributed by atoms with Crippen molar-refractivity contribution in [2.75, 3.05) is 35.2 Å². The summed E-state index contributed by atoms with van der Waals surface area (Å²) in [7, 11) is 1.92. The minimum absolute atomic E-state index is 0.0238. The predicted octanol–water partition coefficient (Wildman–Crippen LogP) is 1.17. The van der Waals surface area contributed by atoms with E-state index in [0.29, 0.717) is 24.4 Å². The van der Waals surface area contributed by atoms with Gasteiger partial charge in [0.15, 0.2) is 0 Å².